The zero-order valence-electron chi connectivity index (χ0n) is 20.7. The number of hydrogen-bond donors (Lipinski definition) is 3. The molecule has 0 saturated carbocycles. The van der Waals surface area contributed by atoms with Crippen LogP contribution in [-0.2, 0) is 6.54 Å². The summed E-state index contributed by atoms with van der Waals surface area (Å²) >= 11 is 0. The second-order valence-corrected chi connectivity index (χ2v) is 8.96. The molecule has 0 unspecified atom stereocenters. The van der Waals surface area contributed by atoms with Crippen molar-refractivity contribution in [3.05, 3.63) is 119 Å². The van der Waals surface area contributed by atoms with Crippen LogP contribution in [0.15, 0.2) is 108 Å². The average Bonchev–Trinajstić information content (AvgIpc) is 2.96. The minimum Gasteiger partial charge on any atom is -0.497 e. The topological polar surface area (TPSA) is 91.9 Å². The maximum atomic E-state index is 12.5. The van der Waals surface area contributed by atoms with Crippen LogP contribution in [0.5, 0.6) is 5.75 Å². The van der Waals surface area contributed by atoms with Crippen LogP contribution in [-0.4, -0.2) is 22.1 Å². The van der Waals surface area contributed by atoms with Crippen molar-refractivity contribution >= 4 is 39.0 Å². The van der Waals surface area contributed by atoms with Crippen molar-refractivity contribution in [2.75, 3.05) is 17.7 Å². The van der Waals surface area contributed by atoms with Crippen molar-refractivity contribution in [2.24, 2.45) is 0 Å². The second kappa shape index (κ2) is 10.1. The number of aromatic nitrogens is 3. The van der Waals surface area contributed by atoms with Gasteiger partial charge in [-0.1, -0.05) is 36.4 Å². The van der Waals surface area contributed by atoms with Crippen LogP contribution in [0.25, 0.3) is 32.9 Å². The Labute approximate surface area is 219 Å². The number of benzene rings is 4. The standard InChI is InChI=1S/C31H25N5O2/c1-38-27-12-13-28-23(18-27)17-24(30(37)35-28)19-33-25-8-10-26(11-9-25)34-31-32-15-14-29(36-31)22-7-6-20-4-2-3-5-21(20)16-22/h2-18,33H,19H2,1H3,(H,35,37)(H,32,34,36). The third kappa shape index (κ3) is 4.90. The first kappa shape index (κ1) is 23.2. The van der Waals surface area contributed by atoms with Crippen LogP contribution in [0.2, 0.25) is 0 Å². The highest BCUT2D eigenvalue weighted by molar-refractivity contribution is 5.87. The number of rotatable bonds is 7. The predicted molar refractivity (Wildman–Crippen MR) is 153 cm³/mol. The summed E-state index contributed by atoms with van der Waals surface area (Å²) in [5, 5.41) is 9.89. The smallest absolute Gasteiger partial charge is 0.253 e. The minimum atomic E-state index is -0.114. The molecule has 6 aromatic rings. The van der Waals surface area contributed by atoms with Crippen LogP contribution in [0.1, 0.15) is 5.56 Å². The van der Waals surface area contributed by atoms with E-state index in [1.165, 1.54) is 10.8 Å². The molecule has 0 aliphatic carbocycles. The van der Waals surface area contributed by atoms with E-state index in [0.717, 1.165) is 39.3 Å². The first-order chi connectivity index (χ1) is 18.6. The fraction of sp³-hybridized carbons (Fsp3) is 0.0645. The van der Waals surface area contributed by atoms with E-state index in [0.29, 0.717) is 18.1 Å². The summed E-state index contributed by atoms with van der Waals surface area (Å²) in [5.74, 6) is 1.27. The van der Waals surface area contributed by atoms with E-state index in [9.17, 15) is 4.79 Å². The summed E-state index contributed by atoms with van der Waals surface area (Å²) in [4.78, 5) is 24.5. The molecule has 0 saturated heterocycles. The molecule has 0 spiro atoms. The van der Waals surface area contributed by atoms with E-state index in [1.54, 1.807) is 13.3 Å². The van der Waals surface area contributed by atoms with E-state index in [-0.39, 0.29) is 5.56 Å². The van der Waals surface area contributed by atoms with Crippen LogP contribution in [0, 0.1) is 0 Å². The van der Waals surface area contributed by atoms with Gasteiger partial charge in [0.05, 0.1) is 12.8 Å². The van der Waals surface area contributed by atoms with Crippen molar-refractivity contribution < 1.29 is 4.74 Å². The molecule has 38 heavy (non-hydrogen) atoms. The van der Waals surface area contributed by atoms with E-state index in [4.69, 9.17) is 9.72 Å². The van der Waals surface area contributed by atoms with Gasteiger partial charge in [0, 0.05) is 46.1 Å². The highest BCUT2D eigenvalue weighted by Gasteiger charge is 2.07. The van der Waals surface area contributed by atoms with Crippen LogP contribution in [0.4, 0.5) is 17.3 Å². The highest BCUT2D eigenvalue weighted by Crippen LogP contribution is 2.25. The zero-order valence-corrected chi connectivity index (χ0v) is 20.7. The fourth-order valence-electron chi connectivity index (χ4n) is 4.41. The zero-order chi connectivity index (χ0) is 25.9. The molecule has 2 heterocycles. The van der Waals surface area contributed by atoms with E-state index >= 15 is 0 Å². The number of nitrogens with zero attached hydrogens (tertiary/aromatic N) is 2. The Bertz CT molecular complexity index is 1810. The molecule has 0 amide bonds. The summed E-state index contributed by atoms with van der Waals surface area (Å²) in [6, 6.07) is 31.8. The van der Waals surface area contributed by atoms with Crippen molar-refractivity contribution in [3.8, 4) is 17.0 Å². The summed E-state index contributed by atoms with van der Waals surface area (Å²) in [6.45, 7) is 0.395. The number of hydrogen-bond acceptors (Lipinski definition) is 6. The Morgan fingerprint density at radius 2 is 1.63 bits per heavy atom. The quantitative estimate of drug-likeness (QED) is 0.232. The number of methoxy groups -OCH3 is 1. The second-order valence-electron chi connectivity index (χ2n) is 8.96. The van der Waals surface area contributed by atoms with Crippen LogP contribution in [0.3, 0.4) is 0 Å². The van der Waals surface area contributed by atoms with E-state index in [2.05, 4.69) is 50.9 Å². The largest absolute Gasteiger partial charge is 0.497 e. The average molecular weight is 500 g/mol. The van der Waals surface area contributed by atoms with Gasteiger partial charge in [0.2, 0.25) is 5.95 Å². The first-order valence-corrected chi connectivity index (χ1v) is 12.3. The molecule has 7 nitrogen and oxygen atoms in total. The van der Waals surface area contributed by atoms with Gasteiger partial charge in [0.15, 0.2) is 0 Å². The van der Waals surface area contributed by atoms with Gasteiger partial charge < -0.3 is 20.4 Å². The molecule has 0 aliphatic heterocycles. The lowest BCUT2D eigenvalue weighted by atomic mass is 10.1. The molecule has 0 radical (unpaired) electrons. The van der Waals surface area contributed by atoms with Gasteiger partial charge in [-0.2, -0.15) is 0 Å². The maximum Gasteiger partial charge on any atom is 0.253 e. The monoisotopic (exact) mass is 499 g/mol. The number of H-pyrrole nitrogens is 1. The normalized spacial score (nSPS) is 11.0. The lowest BCUT2D eigenvalue weighted by Gasteiger charge is -2.10. The molecule has 0 atom stereocenters. The molecular weight excluding hydrogens is 474 g/mol. The van der Waals surface area contributed by atoms with Gasteiger partial charge in [0.25, 0.3) is 5.56 Å². The number of ether oxygens (including phenoxy) is 1. The van der Waals surface area contributed by atoms with Gasteiger partial charge in [-0.3, -0.25) is 4.79 Å². The summed E-state index contributed by atoms with van der Waals surface area (Å²) < 4.78 is 5.30. The molecule has 7 heteroatoms. The number of pyridine rings is 1. The third-order valence-corrected chi connectivity index (χ3v) is 6.45. The summed E-state index contributed by atoms with van der Waals surface area (Å²) in [6.07, 6.45) is 1.76. The third-order valence-electron chi connectivity index (χ3n) is 6.45. The Kier molecular flexibility index (Phi) is 6.16. The minimum absolute atomic E-state index is 0.114. The highest BCUT2D eigenvalue weighted by atomic mass is 16.5. The first-order valence-electron chi connectivity index (χ1n) is 12.3. The Morgan fingerprint density at radius 1 is 0.816 bits per heavy atom. The van der Waals surface area contributed by atoms with Gasteiger partial charge in [-0.05, 0) is 71.4 Å². The number of anilines is 3. The molecule has 0 bridgehead atoms. The van der Waals surface area contributed by atoms with Crippen molar-refractivity contribution in [1.29, 1.82) is 0 Å². The molecular formula is C31H25N5O2. The Morgan fingerprint density at radius 3 is 2.47 bits per heavy atom. The van der Waals surface area contributed by atoms with Gasteiger partial charge >= 0.3 is 0 Å². The maximum absolute atomic E-state index is 12.5. The van der Waals surface area contributed by atoms with Crippen molar-refractivity contribution in [2.45, 2.75) is 6.54 Å². The fourth-order valence-corrected chi connectivity index (χ4v) is 4.41. The molecule has 4 aromatic carbocycles. The van der Waals surface area contributed by atoms with Crippen LogP contribution < -0.4 is 20.9 Å². The Balaban J connectivity index is 1.14. The van der Waals surface area contributed by atoms with Gasteiger partial charge in [-0.25, -0.2) is 9.97 Å². The predicted octanol–water partition coefficient (Wildman–Crippen LogP) is 6.50. The van der Waals surface area contributed by atoms with E-state index in [1.807, 2.05) is 66.7 Å². The van der Waals surface area contributed by atoms with Crippen molar-refractivity contribution in [3.63, 3.8) is 0 Å². The number of nitrogens with one attached hydrogen (secondary N) is 3. The lowest BCUT2D eigenvalue weighted by molar-refractivity contribution is 0.415. The van der Waals surface area contributed by atoms with Gasteiger partial charge in [-0.15, -0.1) is 0 Å². The van der Waals surface area contributed by atoms with Crippen LogP contribution >= 0.6 is 0 Å². The molecule has 2 aromatic heterocycles. The molecule has 186 valence electrons. The van der Waals surface area contributed by atoms with Crippen molar-refractivity contribution in [1.82, 2.24) is 15.0 Å². The molecule has 3 N–H and O–H groups in total. The van der Waals surface area contributed by atoms with E-state index < -0.39 is 0 Å². The van der Waals surface area contributed by atoms with Gasteiger partial charge in [0.1, 0.15) is 5.75 Å². The SMILES string of the molecule is COc1ccc2[nH]c(=O)c(CNc3ccc(Nc4nccc(-c5ccc6ccccc6c5)n4)cc3)cc2c1. The summed E-state index contributed by atoms with van der Waals surface area (Å²) in [5.41, 5.74) is 4.96. The lowest BCUT2D eigenvalue weighted by Crippen LogP contribution is -2.15. The molecule has 0 fully saturated rings. The Hall–Kier alpha value is -5.17. The molecule has 6 rings (SSSR count). The summed E-state index contributed by atoms with van der Waals surface area (Å²) in [7, 11) is 1.63. The number of fused-ring (bicyclic) bond motifs is 2. The number of aromatic amines is 1. The molecule has 0 aliphatic rings.